The molecule has 14 heavy (non-hydrogen) atoms. The lowest BCUT2D eigenvalue weighted by atomic mass is 10.1. The van der Waals surface area contributed by atoms with E-state index in [0.717, 1.165) is 0 Å². The Kier molecular flexibility index (Phi) is 4.13. The average molecular weight is 277 g/mol. The van der Waals surface area contributed by atoms with E-state index in [4.69, 9.17) is 0 Å². The summed E-state index contributed by atoms with van der Waals surface area (Å²) in [6.07, 6.45) is 1.79. The number of Topliss-reactive ketones (excluding diaryl/α,β-unsaturated/α-hetero) is 1. The van der Waals surface area contributed by atoms with E-state index in [1.807, 2.05) is 0 Å². The van der Waals surface area contributed by atoms with Crippen molar-refractivity contribution < 1.29 is 9.18 Å². The maximum Gasteiger partial charge on any atom is 0.147 e. The fourth-order valence-corrected chi connectivity index (χ4v) is 2.38. The molecule has 1 aromatic rings. The summed E-state index contributed by atoms with van der Waals surface area (Å²) in [6.45, 7) is 1.48. The molecule has 4 heteroatoms. The van der Waals surface area contributed by atoms with Gasteiger partial charge in [-0.25, -0.2) is 4.39 Å². The van der Waals surface area contributed by atoms with Crippen LogP contribution in [0.1, 0.15) is 17.3 Å². The van der Waals surface area contributed by atoms with E-state index >= 15 is 0 Å². The van der Waals surface area contributed by atoms with Gasteiger partial charge in [-0.2, -0.15) is 0 Å². The van der Waals surface area contributed by atoms with Crippen LogP contribution in [0.5, 0.6) is 0 Å². The monoisotopic (exact) mass is 276 g/mol. The van der Waals surface area contributed by atoms with Crippen LogP contribution in [0.25, 0.3) is 0 Å². The van der Waals surface area contributed by atoms with Crippen LogP contribution in [0.3, 0.4) is 0 Å². The molecule has 0 bridgehead atoms. The molecule has 1 rings (SSSR count). The predicted molar refractivity (Wildman–Crippen MR) is 60.5 cm³/mol. The van der Waals surface area contributed by atoms with Crippen molar-refractivity contribution in [3.05, 3.63) is 29.6 Å². The lowest BCUT2D eigenvalue weighted by molar-refractivity contribution is -0.116. The molecule has 0 fully saturated rings. The van der Waals surface area contributed by atoms with Crippen molar-refractivity contribution >= 4 is 33.5 Å². The van der Waals surface area contributed by atoms with Crippen LogP contribution in [-0.4, -0.2) is 12.0 Å². The molecule has 0 N–H and O–H groups in total. The fraction of sp³-hybridized carbons (Fsp3) is 0.300. The molecule has 0 heterocycles. The number of carbonyl (C=O) groups is 1. The summed E-state index contributed by atoms with van der Waals surface area (Å²) in [7, 11) is 0. The van der Waals surface area contributed by atoms with E-state index in [9.17, 15) is 9.18 Å². The third kappa shape index (κ3) is 2.36. The summed E-state index contributed by atoms with van der Waals surface area (Å²) >= 11 is 4.56. The summed E-state index contributed by atoms with van der Waals surface area (Å²) in [5, 5.41) is 0. The Morgan fingerprint density at radius 3 is 2.71 bits per heavy atom. The number of halogens is 2. The van der Waals surface area contributed by atoms with Crippen LogP contribution in [0.2, 0.25) is 0 Å². The van der Waals surface area contributed by atoms with Gasteiger partial charge >= 0.3 is 0 Å². The minimum Gasteiger partial charge on any atom is -0.298 e. The van der Waals surface area contributed by atoms with E-state index < -0.39 is 4.83 Å². The zero-order chi connectivity index (χ0) is 10.7. The van der Waals surface area contributed by atoms with Gasteiger partial charge in [-0.15, -0.1) is 11.8 Å². The van der Waals surface area contributed by atoms with E-state index in [1.165, 1.54) is 24.8 Å². The van der Waals surface area contributed by atoms with Crippen molar-refractivity contribution in [3.8, 4) is 0 Å². The van der Waals surface area contributed by atoms with Gasteiger partial charge in [-0.3, -0.25) is 4.79 Å². The second-order valence-electron chi connectivity index (χ2n) is 2.84. The molecule has 0 saturated carbocycles. The Balaban J connectivity index is 3.20. The smallest absolute Gasteiger partial charge is 0.147 e. The van der Waals surface area contributed by atoms with Crippen molar-refractivity contribution in [2.24, 2.45) is 0 Å². The largest absolute Gasteiger partial charge is 0.298 e. The molecule has 0 amide bonds. The quantitative estimate of drug-likeness (QED) is 0.620. The molecule has 1 nitrogen and oxygen atoms in total. The lowest BCUT2D eigenvalue weighted by Gasteiger charge is -2.11. The van der Waals surface area contributed by atoms with Gasteiger partial charge in [0.2, 0.25) is 0 Å². The van der Waals surface area contributed by atoms with E-state index in [-0.39, 0.29) is 11.6 Å². The standard InChI is InChI=1S/C10H10BrFOS/c1-6(13)9(11)7-4-3-5-8(12)10(7)14-2/h3-5,9H,1-2H3. The van der Waals surface area contributed by atoms with Crippen LogP contribution in [0.4, 0.5) is 4.39 Å². The van der Waals surface area contributed by atoms with Crippen molar-refractivity contribution in [2.45, 2.75) is 16.6 Å². The Morgan fingerprint density at radius 2 is 2.21 bits per heavy atom. The Morgan fingerprint density at radius 1 is 1.57 bits per heavy atom. The van der Waals surface area contributed by atoms with Gasteiger partial charge in [0.15, 0.2) is 0 Å². The van der Waals surface area contributed by atoms with Gasteiger partial charge in [0.25, 0.3) is 0 Å². The minimum atomic E-state index is -0.416. The maximum atomic E-state index is 13.3. The third-order valence-corrected chi connectivity index (χ3v) is 3.81. The van der Waals surface area contributed by atoms with Gasteiger partial charge in [0, 0.05) is 4.90 Å². The van der Waals surface area contributed by atoms with Crippen molar-refractivity contribution in [2.75, 3.05) is 6.26 Å². The summed E-state index contributed by atoms with van der Waals surface area (Å²) in [5.41, 5.74) is 0.699. The topological polar surface area (TPSA) is 17.1 Å². The van der Waals surface area contributed by atoms with Gasteiger partial charge in [-0.05, 0) is 24.8 Å². The molecule has 0 saturated heterocycles. The number of carbonyl (C=O) groups excluding carboxylic acids is 1. The molecule has 0 radical (unpaired) electrons. The molecule has 1 atom stereocenters. The van der Waals surface area contributed by atoms with E-state index in [1.54, 1.807) is 18.4 Å². The first-order valence-corrected chi connectivity index (χ1v) is 6.19. The van der Waals surface area contributed by atoms with Gasteiger partial charge in [0.1, 0.15) is 11.6 Å². The van der Waals surface area contributed by atoms with Crippen molar-refractivity contribution in [3.63, 3.8) is 0 Å². The first kappa shape index (κ1) is 11.7. The number of ketones is 1. The molecular formula is C10H10BrFOS. The molecule has 1 aromatic carbocycles. The first-order valence-electron chi connectivity index (χ1n) is 4.05. The summed E-state index contributed by atoms with van der Waals surface area (Å²) in [4.78, 5) is 11.3. The third-order valence-electron chi connectivity index (χ3n) is 1.83. The maximum absolute atomic E-state index is 13.3. The van der Waals surface area contributed by atoms with Crippen LogP contribution >= 0.6 is 27.7 Å². The minimum absolute atomic E-state index is 0.0223. The van der Waals surface area contributed by atoms with Crippen molar-refractivity contribution in [1.82, 2.24) is 0 Å². The average Bonchev–Trinajstić information content (AvgIpc) is 2.16. The molecule has 76 valence electrons. The Bertz CT molecular complexity index is 354. The SMILES string of the molecule is CSc1c(F)cccc1C(Br)C(C)=O. The van der Waals surface area contributed by atoms with E-state index in [0.29, 0.717) is 10.5 Å². The fourth-order valence-electron chi connectivity index (χ4n) is 1.16. The lowest BCUT2D eigenvalue weighted by Crippen LogP contribution is -2.03. The zero-order valence-electron chi connectivity index (χ0n) is 7.88. The molecule has 0 spiro atoms. The Labute approximate surface area is 95.2 Å². The molecule has 0 aliphatic heterocycles. The van der Waals surface area contributed by atoms with Crippen LogP contribution in [0.15, 0.2) is 23.1 Å². The molecular weight excluding hydrogens is 267 g/mol. The van der Waals surface area contributed by atoms with Crippen LogP contribution in [-0.2, 0) is 4.79 Å². The van der Waals surface area contributed by atoms with Crippen molar-refractivity contribution in [1.29, 1.82) is 0 Å². The predicted octanol–water partition coefficient (Wildman–Crippen LogP) is 3.57. The molecule has 0 aliphatic carbocycles. The highest BCUT2D eigenvalue weighted by Gasteiger charge is 2.18. The Hall–Kier alpha value is -0.350. The summed E-state index contributed by atoms with van der Waals surface area (Å²) in [5.74, 6) is -0.299. The molecule has 0 aromatic heterocycles. The second kappa shape index (κ2) is 4.94. The normalized spacial score (nSPS) is 12.6. The highest BCUT2D eigenvalue weighted by molar-refractivity contribution is 9.09. The summed E-state index contributed by atoms with van der Waals surface area (Å²) in [6, 6.07) is 4.77. The first-order chi connectivity index (χ1) is 6.57. The molecule has 1 unspecified atom stereocenters. The van der Waals surface area contributed by atoms with Gasteiger partial charge < -0.3 is 0 Å². The molecule has 0 aliphatic rings. The number of hydrogen-bond acceptors (Lipinski definition) is 2. The van der Waals surface area contributed by atoms with Crippen LogP contribution in [0, 0.1) is 5.82 Å². The highest BCUT2D eigenvalue weighted by atomic mass is 79.9. The van der Waals surface area contributed by atoms with E-state index in [2.05, 4.69) is 15.9 Å². The highest BCUT2D eigenvalue weighted by Crippen LogP contribution is 2.33. The second-order valence-corrected chi connectivity index (χ2v) is 4.57. The summed E-state index contributed by atoms with van der Waals surface area (Å²) < 4.78 is 13.3. The van der Waals surface area contributed by atoms with Gasteiger partial charge in [0.05, 0.1) is 4.83 Å². The van der Waals surface area contributed by atoms with Crippen LogP contribution < -0.4 is 0 Å². The number of alkyl halides is 1. The number of benzene rings is 1. The number of rotatable bonds is 3. The number of hydrogen-bond donors (Lipinski definition) is 0. The number of thioether (sulfide) groups is 1. The van der Waals surface area contributed by atoms with Gasteiger partial charge in [-0.1, -0.05) is 28.1 Å². The zero-order valence-corrected chi connectivity index (χ0v) is 10.3.